The maximum absolute atomic E-state index is 13.5. The van der Waals surface area contributed by atoms with Crippen molar-refractivity contribution in [2.45, 2.75) is 6.61 Å². The van der Waals surface area contributed by atoms with Crippen LogP contribution in [0.2, 0.25) is 0 Å². The van der Waals surface area contributed by atoms with Gasteiger partial charge < -0.3 is 15.2 Å². The second-order valence-corrected chi connectivity index (χ2v) is 4.30. The summed E-state index contributed by atoms with van der Waals surface area (Å²) in [7, 11) is 1.48. The summed E-state index contributed by atoms with van der Waals surface area (Å²) in [6.45, 7) is -0.0370. The zero-order valence-electron chi connectivity index (χ0n) is 11.3. The number of benzene rings is 2. The summed E-state index contributed by atoms with van der Waals surface area (Å²) in [6.07, 6.45) is 0. The van der Waals surface area contributed by atoms with Gasteiger partial charge in [-0.1, -0.05) is 0 Å². The maximum Gasteiger partial charge on any atom is 0.165 e. The molecule has 0 aliphatic heterocycles. The summed E-state index contributed by atoms with van der Waals surface area (Å²) in [6, 6.07) is 7.85. The lowest BCUT2D eigenvalue weighted by molar-refractivity contribution is 0.281. The lowest BCUT2D eigenvalue weighted by Crippen LogP contribution is -2.12. The zero-order chi connectivity index (χ0) is 15.4. The highest BCUT2D eigenvalue weighted by Crippen LogP contribution is 2.24. The topological polar surface area (TPSA) is 68.3 Å². The maximum atomic E-state index is 13.5. The molecule has 2 aromatic rings. The molecule has 2 aromatic carbocycles. The first-order chi connectivity index (χ1) is 10.0. The first kappa shape index (κ1) is 14.8. The van der Waals surface area contributed by atoms with E-state index in [-0.39, 0.29) is 18.2 Å². The summed E-state index contributed by atoms with van der Waals surface area (Å²) in [5, 5.41) is 7.40. The number of nitrogens with one attached hydrogen (secondary N) is 1. The van der Waals surface area contributed by atoms with Crippen LogP contribution in [0.1, 0.15) is 11.1 Å². The molecule has 0 aliphatic carbocycles. The van der Waals surface area contributed by atoms with E-state index in [1.807, 2.05) is 0 Å². The van der Waals surface area contributed by atoms with Crippen molar-refractivity contribution in [1.29, 1.82) is 5.41 Å². The van der Waals surface area contributed by atoms with Crippen LogP contribution in [0, 0.1) is 17.0 Å². The summed E-state index contributed by atoms with van der Waals surface area (Å²) < 4.78 is 37.0. The molecular weight excluding hydrogens is 278 g/mol. The summed E-state index contributed by atoms with van der Waals surface area (Å²) in [5.74, 6) is -1.02. The molecule has 0 atom stereocenters. The van der Waals surface area contributed by atoms with E-state index < -0.39 is 11.6 Å². The lowest BCUT2D eigenvalue weighted by Gasteiger charge is -2.12. The highest BCUT2D eigenvalue weighted by Gasteiger charge is 2.10. The van der Waals surface area contributed by atoms with Crippen LogP contribution in [-0.4, -0.2) is 12.9 Å². The molecule has 0 unspecified atom stereocenters. The van der Waals surface area contributed by atoms with Crippen molar-refractivity contribution >= 4 is 5.84 Å². The van der Waals surface area contributed by atoms with Crippen molar-refractivity contribution in [3.8, 4) is 11.5 Å². The van der Waals surface area contributed by atoms with E-state index in [4.69, 9.17) is 20.6 Å². The van der Waals surface area contributed by atoms with Crippen LogP contribution >= 0.6 is 0 Å². The highest BCUT2D eigenvalue weighted by molar-refractivity contribution is 5.95. The summed E-state index contributed by atoms with van der Waals surface area (Å²) >= 11 is 0. The van der Waals surface area contributed by atoms with Crippen LogP contribution in [0.4, 0.5) is 8.78 Å². The van der Waals surface area contributed by atoms with Crippen molar-refractivity contribution in [2.24, 2.45) is 5.73 Å². The number of hydrogen-bond donors (Lipinski definition) is 2. The Balaban J connectivity index is 2.24. The predicted molar refractivity (Wildman–Crippen MR) is 74.7 cm³/mol. The number of nitrogens with two attached hydrogens (primary N) is 1. The quantitative estimate of drug-likeness (QED) is 0.657. The molecule has 3 N–H and O–H groups in total. The van der Waals surface area contributed by atoms with Crippen molar-refractivity contribution in [1.82, 2.24) is 0 Å². The Morgan fingerprint density at radius 1 is 1.14 bits per heavy atom. The average Bonchev–Trinajstić information content (AvgIpc) is 2.47. The number of ether oxygens (including phenoxy) is 2. The van der Waals surface area contributed by atoms with Gasteiger partial charge in [0.1, 0.15) is 24.0 Å². The van der Waals surface area contributed by atoms with E-state index in [1.165, 1.54) is 7.11 Å². The van der Waals surface area contributed by atoms with Crippen LogP contribution in [-0.2, 0) is 6.61 Å². The molecule has 21 heavy (non-hydrogen) atoms. The molecule has 0 saturated heterocycles. The molecule has 2 rings (SSSR count). The van der Waals surface area contributed by atoms with Gasteiger partial charge >= 0.3 is 0 Å². The van der Waals surface area contributed by atoms with E-state index in [0.29, 0.717) is 16.9 Å². The van der Waals surface area contributed by atoms with Crippen LogP contribution < -0.4 is 15.2 Å². The van der Waals surface area contributed by atoms with E-state index >= 15 is 0 Å². The number of hydrogen-bond acceptors (Lipinski definition) is 3. The third kappa shape index (κ3) is 3.47. The standard InChI is InChI=1S/C15H14F2N2O2/c1-20-13-5-2-9(15(18)19)6-10(13)8-21-14-7-11(16)3-4-12(14)17/h2-7H,8H2,1H3,(H3,18,19). The van der Waals surface area contributed by atoms with Gasteiger partial charge in [-0.3, -0.25) is 5.41 Å². The molecule has 0 aromatic heterocycles. The fourth-order valence-electron chi connectivity index (χ4n) is 1.80. The molecule has 0 saturated carbocycles. The Bertz CT molecular complexity index is 675. The highest BCUT2D eigenvalue weighted by atomic mass is 19.1. The van der Waals surface area contributed by atoms with Gasteiger partial charge in [-0.05, 0) is 30.3 Å². The fraction of sp³-hybridized carbons (Fsp3) is 0.133. The Hall–Kier alpha value is -2.63. The van der Waals surface area contributed by atoms with Gasteiger partial charge in [-0.2, -0.15) is 0 Å². The van der Waals surface area contributed by atoms with Gasteiger partial charge in [0.05, 0.1) is 7.11 Å². The lowest BCUT2D eigenvalue weighted by atomic mass is 10.1. The normalized spacial score (nSPS) is 10.2. The number of rotatable bonds is 5. The number of nitrogen functional groups attached to an aromatic ring is 1. The van der Waals surface area contributed by atoms with Crippen LogP contribution in [0.25, 0.3) is 0 Å². The summed E-state index contributed by atoms with van der Waals surface area (Å²) in [4.78, 5) is 0. The predicted octanol–water partition coefficient (Wildman–Crippen LogP) is 2.84. The van der Waals surface area contributed by atoms with Gasteiger partial charge in [0.2, 0.25) is 0 Å². The monoisotopic (exact) mass is 292 g/mol. The molecule has 6 heteroatoms. The molecule has 0 fully saturated rings. The zero-order valence-corrected chi connectivity index (χ0v) is 11.3. The largest absolute Gasteiger partial charge is 0.496 e. The molecule has 4 nitrogen and oxygen atoms in total. The molecule has 110 valence electrons. The third-order valence-corrected chi connectivity index (χ3v) is 2.87. The average molecular weight is 292 g/mol. The molecule has 0 heterocycles. The first-order valence-electron chi connectivity index (χ1n) is 6.10. The van der Waals surface area contributed by atoms with Crippen LogP contribution in [0.3, 0.4) is 0 Å². The van der Waals surface area contributed by atoms with E-state index in [0.717, 1.165) is 18.2 Å². The smallest absolute Gasteiger partial charge is 0.165 e. The van der Waals surface area contributed by atoms with Crippen molar-refractivity contribution in [3.05, 3.63) is 59.2 Å². The number of halogens is 2. The minimum atomic E-state index is -0.655. The second-order valence-electron chi connectivity index (χ2n) is 4.30. The molecule has 0 radical (unpaired) electrons. The minimum absolute atomic E-state index is 0.0370. The Morgan fingerprint density at radius 3 is 2.57 bits per heavy atom. The molecule has 0 spiro atoms. The van der Waals surface area contributed by atoms with Gasteiger partial charge in [0.25, 0.3) is 0 Å². The van der Waals surface area contributed by atoms with Gasteiger partial charge in [0, 0.05) is 17.2 Å². The molecule has 0 bridgehead atoms. The van der Waals surface area contributed by atoms with Crippen molar-refractivity contribution in [3.63, 3.8) is 0 Å². The van der Waals surface area contributed by atoms with Crippen LogP contribution in [0.5, 0.6) is 11.5 Å². The van der Waals surface area contributed by atoms with Crippen molar-refractivity contribution < 1.29 is 18.3 Å². The van der Waals surface area contributed by atoms with Crippen LogP contribution in [0.15, 0.2) is 36.4 Å². The summed E-state index contributed by atoms with van der Waals surface area (Å²) in [5.41, 5.74) is 6.49. The Labute approximate surface area is 120 Å². The van der Waals surface area contributed by atoms with E-state index in [2.05, 4.69) is 0 Å². The number of amidine groups is 1. The SMILES string of the molecule is COc1ccc(C(=N)N)cc1COc1cc(F)ccc1F. The fourth-order valence-corrected chi connectivity index (χ4v) is 1.80. The van der Waals surface area contributed by atoms with E-state index in [9.17, 15) is 8.78 Å². The van der Waals surface area contributed by atoms with E-state index in [1.54, 1.807) is 18.2 Å². The van der Waals surface area contributed by atoms with Crippen molar-refractivity contribution in [2.75, 3.05) is 7.11 Å². The number of methoxy groups -OCH3 is 1. The molecule has 0 aliphatic rings. The van der Waals surface area contributed by atoms with Gasteiger partial charge in [0.15, 0.2) is 11.6 Å². The molecular formula is C15H14F2N2O2. The van der Waals surface area contributed by atoms with Gasteiger partial charge in [-0.15, -0.1) is 0 Å². The Morgan fingerprint density at radius 2 is 1.90 bits per heavy atom. The van der Waals surface area contributed by atoms with Gasteiger partial charge in [-0.25, -0.2) is 8.78 Å². The second kappa shape index (κ2) is 6.21. The first-order valence-corrected chi connectivity index (χ1v) is 6.10. The third-order valence-electron chi connectivity index (χ3n) is 2.87. The Kier molecular flexibility index (Phi) is 4.37. The minimum Gasteiger partial charge on any atom is -0.496 e. The molecule has 0 amide bonds.